The highest BCUT2D eigenvalue weighted by molar-refractivity contribution is 7.89. The molecular weight excluding hydrogens is 620 g/mol. The topological polar surface area (TPSA) is 154 Å². The van der Waals surface area contributed by atoms with Gasteiger partial charge in [-0.25, -0.2) is 28.0 Å². The molecule has 2 aromatic carbocycles. The first-order chi connectivity index (χ1) is 21.7. The second kappa shape index (κ2) is 12.2. The van der Waals surface area contributed by atoms with Crippen molar-refractivity contribution in [3.63, 3.8) is 0 Å². The van der Waals surface area contributed by atoms with Gasteiger partial charge < -0.3 is 19.5 Å². The van der Waals surface area contributed by atoms with Crippen LogP contribution in [0.25, 0.3) is 10.3 Å². The van der Waals surface area contributed by atoms with E-state index in [1.165, 1.54) is 35.9 Å². The van der Waals surface area contributed by atoms with E-state index in [0.29, 0.717) is 45.6 Å². The summed E-state index contributed by atoms with van der Waals surface area (Å²) < 4.78 is 39.3. The van der Waals surface area contributed by atoms with E-state index in [9.17, 15) is 23.1 Å². The monoisotopic (exact) mass is 652 g/mol. The van der Waals surface area contributed by atoms with E-state index in [0.717, 1.165) is 5.56 Å². The number of sulfonamides is 1. The highest BCUT2D eigenvalue weighted by Gasteiger charge is 2.50. The van der Waals surface area contributed by atoms with E-state index in [-0.39, 0.29) is 37.7 Å². The van der Waals surface area contributed by atoms with Crippen molar-refractivity contribution in [1.29, 1.82) is 0 Å². The molecule has 15 heteroatoms. The zero-order valence-corrected chi connectivity index (χ0v) is 26.3. The number of hydrogen-bond donors (Lipinski definition) is 2. The quantitative estimate of drug-likeness (QED) is 0.290. The molecule has 1 saturated heterocycles. The van der Waals surface area contributed by atoms with Gasteiger partial charge in [-0.05, 0) is 41.8 Å². The number of fused-ring (bicyclic) bond motifs is 3. The predicted octanol–water partition coefficient (Wildman–Crippen LogP) is 3.65. The molecule has 2 aromatic heterocycles. The maximum Gasteiger partial charge on any atom is 0.409 e. The van der Waals surface area contributed by atoms with Crippen molar-refractivity contribution in [2.24, 2.45) is 0 Å². The zero-order chi connectivity index (χ0) is 31.8. The third kappa shape index (κ3) is 5.79. The standard InChI is InChI=1S/C30H32N6O7S2/c1-42-25-11-9-23-26(32-25)44-27(31-23)33-28(38)36-19-30(12-13-34(18-30)29(39)43-2)22-16-21(8-10-24(22)36)45(40,41)35(14-15-37)17-20-6-4-3-5-7-20/h3-11,16,37H,12-15,17-19H2,1-2H3,(H,31,33,38)/t30-/m1/s1. The number of nitrogens with one attached hydrogen (secondary N) is 1. The second-order valence-electron chi connectivity index (χ2n) is 10.9. The number of aliphatic hydroxyl groups is 1. The Balaban J connectivity index is 1.35. The summed E-state index contributed by atoms with van der Waals surface area (Å²) in [5.41, 5.74) is 1.84. The lowest BCUT2D eigenvalue weighted by Crippen LogP contribution is -2.41. The molecule has 236 valence electrons. The van der Waals surface area contributed by atoms with E-state index in [2.05, 4.69) is 15.3 Å². The summed E-state index contributed by atoms with van der Waals surface area (Å²) >= 11 is 1.21. The minimum atomic E-state index is -4.05. The average molecular weight is 653 g/mol. The number of rotatable bonds is 8. The molecular formula is C30H32N6O7S2. The highest BCUT2D eigenvalue weighted by atomic mass is 32.2. The Hall–Kier alpha value is -4.31. The van der Waals surface area contributed by atoms with E-state index < -0.39 is 27.6 Å². The molecule has 0 aliphatic carbocycles. The van der Waals surface area contributed by atoms with Crippen LogP contribution in [0.3, 0.4) is 0 Å². The molecule has 1 fully saturated rings. The molecule has 0 bridgehead atoms. The maximum absolute atomic E-state index is 14.0. The Morgan fingerprint density at radius 2 is 1.89 bits per heavy atom. The van der Waals surface area contributed by atoms with E-state index >= 15 is 0 Å². The van der Waals surface area contributed by atoms with Crippen LogP contribution in [0.2, 0.25) is 0 Å². The lowest BCUT2D eigenvalue weighted by Gasteiger charge is -2.26. The fourth-order valence-electron chi connectivity index (χ4n) is 5.95. The molecule has 2 aliphatic heterocycles. The first kappa shape index (κ1) is 30.7. The van der Waals surface area contributed by atoms with Crippen LogP contribution in [-0.2, 0) is 26.7 Å². The number of aromatic nitrogens is 2. The van der Waals surface area contributed by atoms with Gasteiger partial charge in [0.25, 0.3) is 0 Å². The Labute approximate surface area is 264 Å². The molecule has 6 rings (SSSR count). The second-order valence-corrected chi connectivity index (χ2v) is 13.8. The fraction of sp³-hybridized carbons (Fsp3) is 0.333. The van der Waals surface area contributed by atoms with Crippen LogP contribution in [0.5, 0.6) is 5.88 Å². The third-order valence-corrected chi connectivity index (χ3v) is 10.9. The molecule has 0 radical (unpaired) electrons. The van der Waals surface area contributed by atoms with Gasteiger partial charge in [0.1, 0.15) is 10.3 Å². The SMILES string of the molecule is COC(=O)N1CC[C@@]2(C1)CN(C(=O)Nc1nc3ccc(OC)nc3s1)c1ccc(S(=O)(=O)N(CCO)Cc3ccccc3)cc12. The highest BCUT2D eigenvalue weighted by Crippen LogP contribution is 2.48. The lowest BCUT2D eigenvalue weighted by molar-refractivity contribution is 0.131. The first-order valence-electron chi connectivity index (χ1n) is 14.2. The van der Waals surface area contributed by atoms with E-state index in [4.69, 9.17) is 9.47 Å². The van der Waals surface area contributed by atoms with E-state index in [1.807, 2.05) is 30.3 Å². The largest absolute Gasteiger partial charge is 0.481 e. The number of amides is 3. The molecule has 45 heavy (non-hydrogen) atoms. The minimum Gasteiger partial charge on any atom is -0.481 e. The number of nitrogens with zero attached hydrogens (tertiary/aromatic N) is 5. The number of carbonyl (C=O) groups is 2. The molecule has 0 saturated carbocycles. The Kier molecular flexibility index (Phi) is 8.35. The normalized spacial score (nSPS) is 17.7. The number of urea groups is 1. The minimum absolute atomic E-state index is 0.0370. The van der Waals surface area contributed by atoms with Crippen molar-refractivity contribution in [2.45, 2.75) is 23.3 Å². The Bertz CT molecular complexity index is 1850. The maximum atomic E-state index is 14.0. The summed E-state index contributed by atoms with van der Waals surface area (Å²) in [5.74, 6) is 0.433. The van der Waals surface area contributed by atoms with Gasteiger partial charge in [-0.1, -0.05) is 41.7 Å². The van der Waals surface area contributed by atoms with Crippen LogP contribution in [0.4, 0.5) is 20.4 Å². The number of ether oxygens (including phenoxy) is 2. The predicted molar refractivity (Wildman–Crippen MR) is 168 cm³/mol. The van der Waals surface area contributed by atoms with Gasteiger partial charge in [0.2, 0.25) is 15.9 Å². The zero-order valence-electron chi connectivity index (χ0n) is 24.7. The molecule has 4 aromatic rings. The molecule has 2 aliphatic rings. The van der Waals surface area contributed by atoms with Crippen LogP contribution in [0.15, 0.2) is 65.6 Å². The number of aliphatic hydroxyl groups excluding tert-OH is 1. The van der Waals surface area contributed by atoms with Crippen molar-refractivity contribution in [3.05, 3.63) is 71.8 Å². The van der Waals surface area contributed by atoms with Crippen molar-refractivity contribution in [3.8, 4) is 5.88 Å². The van der Waals surface area contributed by atoms with Crippen LogP contribution in [-0.4, -0.2) is 91.8 Å². The van der Waals surface area contributed by atoms with Gasteiger partial charge in [-0.2, -0.15) is 4.31 Å². The number of carbonyl (C=O) groups excluding carboxylic acids is 2. The molecule has 1 spiro atoms. The van der Waals surface area contributed by atoms with Gasteiger partial charge in [0.05, 0.1) is 25.7 Å². The summed E-state index contributed by atoms with van der Waals surface area (Å²) in [7, 11) is -1.22. The van der Waals surface area contributed by atoms with Gasteiger partial charge in [0.15, 0.2) is 5.13 Å². The number of likely N-dealkylation sites (tertiary alicyclic amines) is 1. The Morgan fingerprint density at radius 3 is 2.62 bits per heavy atom. The summed E-state index contributed by atoms with van der Waals surface area (Å²) in [6.07, 6.45) is 0.00641. The first-order valence-corrected chi connectivity index (χ1v) is 16.5. The van der Waals surface area contributed by atoms with E-state index in [1.54, 1.807) is 34.1 Å². The summed E-state index contributed by atoms with van der Waals surface area (Å²) in [4.78, 5) is 38.8. The van der Waals surface area contributed by atoms with Gasteiger partial charge >= 0.3 is 12.1 Å². The van der Waals surface area contributed by atoms with Gasteiger partial charge in [-0.3, -0.25) is 10.2 Å². The molecule has 4 heterocycles. The summed E-state index contributed by atoms with van der Waals surface area (Å²) in [6.45, 7) is 0.486. The van der Waals surface area contributed by atoms with Crippen molar-refractivity contribution in [2.75, 3.05) is 57.2 Å². The van der Waals surface area contributed by atoms with Crippen molar-refractivity contribution < 1.29 is 32.6 Å². The average Bonchev–Trinajstić information content (AvgIpc) is 3.75. The number of pyridine rings is 1. The van der Waals surface area contributed by atoms with Crippen molar-refractivity contribution in [1.82, 2.24) is 19.2 Å². The van der Waals surface area contributed by atoms with Crippen LogP contribution in [0, 0.1) is 0 Å². The Morgan fingerprint density at radius 1 is 1.09 bits per heavy atom. The molecule has 2 N–H and O–H groups in total. The summed E-state index contributed by atoms with van der Waals surface area (Å²) in [6, 6.07) is 16.9. The molecule has 3 amide bonds. The number of thiazole rings is 1. The van der Waals surface area contributed by atoms with Crippen LogP contribution < -0.4 is 15.0 Å². The number of hydrogen-bond acceptors (Lipinski definition) is 10. The number of anilines is 2. The molecule has 0 unspecified atom stereocenters. The summed E-state index contributed by atoms with van der Waals surface area (Å²) in [5, 5.41) is 12.9. The van der Waals surface area contributed by atoms with Crippen LogP contribution >= 0.6 is 11.3 Å². The number of benzene rings is 2. The third-order valence-electron chi connectivity index (χ3n) is 8.16. The molecule has 1 atom stereocenters. The van der Waals surface area contributed by atoms with Crippen molar-refractivity contribution >= 4 is 54.7 Å². The fourth-order valence-corrected chi connectivity index (χ4v) is 8.22. The van der Waals surface area contributed by atoms with Gasteiger partial charge in [-0.15, -0.1) is 0 Å². The molecule has 13 nitrogen and oxygen atoms in total. The number of methoxy groups -OCH3 is 2. The van der Waals surface area contributed by atoms with Crippen LogP contribution in [0.1, 0.15) is 17.5 Å². The lowest BCUT2D eigenvalue weighted by atomic mass is 9.81. The van der Waals surface area contributed by atoms with Gasteiger partial charge in [0, 0.05) is 49.9 Å². The smallest absolute Gasteiger partial charge is 0.409 e.